The zero-order valence-corrected chi connectivity index (χ0v) is 7.45. The predicted molar refractivity (Wildman–Crippen MR) is 54.2 cm³/mol. The summed E-state index contributed by atoms with van der Waals surface area (Å²) in [6.45, 7) is 0.572. The highest BCUT2D eigenvalue weighted by molar-refractivity contribution is 6.01. The van der Waals surface area contributed by atoms with Gasteiger partial charge in [-0.1, -0.05) is 12.1 Å². The van der Waals surface area contributed by atoms with Crippen molar-refractivity contribution in [3.63, 3.8) is 0 Å². The Morgan fingerprint density at radius 2 is 2.21 bits per heavy atom. The maximum absolute atomic E-state index is 5.62. The van der Waals surface area contributed by atoms with Crippen LogP contribution < -0.4 is 15.4 Å². The van der Waals surface area contributed by atoms with Crippen LogP contribution in [0.25, 0.3) is 0 Å². The van der Waals surface area contributed by atoms with Crippen LogP contribution in [0, 0.1) is 0 Å². The van der Waals surface area contributed by atoms with Gasteiger partial charge in [0.1, 0.15) is 12.4 Å². The van der Waals surface area contributed by atoms with E-state index >= 15 is 0 Å². The molecule has 1 aromatic carbocycles. The number of ether oxygens (including phenoxy) is 1. The van der Waals surface area contributed by atoms with Crippen molar-refractivity contribution in [3.8, 4) is 5.75 Å². The molecule has 0 unspecified atom stereocenters. The normalized spacial score (nSPS) is 17.4. The van der Waals surface area contributed by atoms with E-state index in [1.54, 1.807) is 0 Å². The van der Waals surface area contributed by atoms with Crippen molar-refractivity contribution in [2.24, 2.45) is 4.99 Å². The fraction of sp³-hybridized carbons (Fsp3) is 0.100. The zero-order valence-electron chi connectivity index (χ0n) is 7.45. The highest BCUT2D eigenvalue weighted by atomic mass is 16.5. The van der Waals surface area contributed by atoms with Gasteiger partial charge >= 0.3 is 0 Å². The van der Waals surface area contributed by atoms with E-state index in [1.807, 2.05) is 30.5 Å². The van der Waals surface area contributed by atoms with E-state index in [9.17, 15) is 0 Å². The van der Waals surface area contributed by atoms with Crippen LogP contribution in [-0.2, 0) is 0 Å². The topological polar surface area (TPSA) is 45.6 Å². The Hall–Kier alpha value is -1.97. The first-order valence-electron chi connectivity index (χ1n) is 4.46. The summed E-state index contributed by atoms with van der Waals surface area (Å²) in [4.78, 5) is 4.20. The standard InChI is InChI=1S/C10H9N3O/c1-2-4-9-7(3-1)13-8-5-11-6-12-10(8)14-9/h1-5,11,13H,6H2. The van der Waals surface area contributed by atoms with Crippen LogP contribution in [0.3, 0.4) is 0 Å². The Morgan fingerprint density at radius 3 is 3.21 bits per heavy atom. The molecule has 1 aromatic rings. The highest BCUT2D eigenvalue weighted by Crippen LogP contribution is 2.30. The van der Waals surface area contributed by atoms with Crippen LogP contribution >= 0.6 is 0 Å². The fourth-order valence-corrected chi connectivity index (χ4v) is 1.50. The van der Waals surface area contributed by atoms with E-state index in [4.69, 9.17) is 4.74 Å². The second-order valence-corrected chi connectivity index (χ2v) is 3.11. The first kappa shape index (κ1) is 7.44. The van der Waals surface area contributed by atoms with Gasteiger partial charge in [-0.15, -0.1) is 0 Å². The number of hydrogen-bond donors (Lipinski definition) is 2. The van der Waals surface area contributed by atoms with Crippen LogP contribution in [0.5, 0.6) is 5.75 Å². The van der Waals surface area contributed by atoms with Gasteiger partial charge in [0.05, 0.1) is 5.69 Å². The summed E-state index contributed by atoms with van der Waals surface area (Å²) < 4.78 is 5.62. The summed E-state index contributed by atoms with van der Waals surface area (Å²) >= 11 is 0. The maximum atomic E-state index is 5.62. The van der Waals surface area contributed by atoms with Gasteiger partial charge in [-0.05, 0) is 12.1 Å². The number of nitrogens with one attached hydrogen (secondary N) is 2. The molecule has 0 saturated heterocycles. The summed E-state index contributed by atoms with van der Waals surface area (Å²) in [5.74, 6) is 1.48. The third-order valence-corrected chi connectivity index (χ3v) is 2.15. The molecule has 0 aliphatic carbocycles. The molecular formula is C10H9N3O. The lowest BCUT2D eigenvalue weighted by Crippen LogP contribution is -2.30. The molecule has 2 aliphatic heterocycles. The zero-order chi connectivity index (χ0) is 9.38. The second kappa shape index (κ2) is 2.77. The molecule has 0 bridgehead atoms. The molecule has 0 atom stereocenters. The van der Waals surface area contributed by atoms with Crippen LogP contribution in [0.2, 0.25) is 0 Å². The lowest BCUT2D eigenvalue weighted by Gasteiger charge is -2.24. The Bertz CT molecular complexity index is 396. The Labute approximate surface area is 81.3 Å². The van der Waals surface area contributed by atoms with E-state index < -0.39 is 0 Å². The predicted octanol–water partition coefficient (Wildman–Crippen LogP) is 1.29. The molecule has 14 heavy (non-hydrogen) atoms. The largest absolute Gasteiger partial charge is 0.435 e. The van der Waals surface area contributed by atoms with Crippen molar-refractivity contribution in [2.45, 2.75) is 0 Å². The smallest absolute Gasteiger partial charge is 0.242 e. The first-order valence-corrected chi connectivity index (χ1v) is 4.46. The molecule has 0 aromatic heterocycles. The summed E-state index contributed by atoms with van der Waals surface area (Å²) in [5.41, 5.74) is 1.86. The van der Waals surface area contributed by atoms with Crippen molar-refractivity contribution in [2.75, 3.05) is 12.0 Å². The van der Waals surface area contributed by atoms with Crippen molar-refractivity contribution in [3.05, 3.63) is 36.2 Å². The Morgan fingerprint density at radius 1 is 1.29 bits per heavy atom. The average Bonchev–Trinajstić information content (AvgIpc) is 2.26. The molecule has 4 heteroatoms. The van der Waals surface area contributed by atoms with Crippen molar-refractivity contribution in [1.29, 1.82) is 0 Å². The fourth-order valence-electron chi connectivity index (χ4n) is 1.50. The van der Waals surface area contributed by atoms with Gasteiger partial charge in [0.25, 0.3) is 0 Å². The quantitative estimate of drug-likeness (QED) is 0.643. The molecule has 2 N–H and O–H groups in total. The first-order chi connectivity index (χ1) is 6.93. The number of benzene rings is 1. The van der Waals surface area contributed by atoms with Crippen LogP contribution in [0.1, 0.15) is 0 Å². The third-order valence-electron chi connectivity index (χ3n) is 2.15. The van der Waals surface area contributed by atoms with Crippen molar-refractivity contribution < 1.29 is 4.74 Å². The van der Waals surface area contributed by atoms with E-state index in [0.717, 1.165) is 17.1 Å². The molecule has 0 spiro atoms. The van der Waals surface area contributed by atoms with Gasteiger partial charge in [-0.2, -0.15) is 0 Å². The second-order valence-electron chi connectivity index (χ2n) is 3.11. The van der Waals surface area contributed by atoms with Crippen LogP contribution in [-0.4, -0.2) is 12.6 Å². The van der Waals surface area contributed by atoms with Gasteiger partial charge in [-0.3, -0.25) is 0 Å². The number of anilines is 1. The van der Waals surface area contributed by atoms with Crippen LogP contribution in [0.4, 0.5) is 5.69 Å². The Kier molecular flexibility index (Phi) is 1.47. The lowest BCUT2D eigenvalue weighted by molar-refractivity contribution is 0.535. The van der Waals surface area contributed by atoms with E-state index in [0.29, 0.717) is 12.6 Å². The molecule has 0 radical (unpaired) electrons. The average molecular weight is 187 g/mol. The monoisotopic (exact) mass is 187 g/mol. The minimum absolute atomic E-state index is 0.572. The molecule has 0 fully saturated rings. The third kappa shape index (κ3) is 1.04. The molecular weight excluding hydrogens is 178 g/mol. The van der Waals surface area contributed by atoms with Gasteiger partial charge < -0.3 is 15.4 Å². The van der Waals surface area contributed by atoms with Gasteiger partial charge in [0, 0.05) is 6.20 Å². The summed E-state index contributed by atoms with van der Waals surface area (Å²) in [6.07, 6.45) is 1.87. The summed E-state index contributed by atoms with van der Waals surface area (Å²) in [7, 11) is 0. The molecule has 70 valence electrons. The molecule has 2 heterocycles. The highest BCUT2D eigenvalue weighted by Gasteiger charge is 2.20. The summed E-state index contributed by atoms with van der Waals surface area (Å²) in [6, 6.07) is 7.80. The lowest BCUT2D eigenvalue weighted by atomic mass is 10.2. The van der Waals surface area contributed by atoms with E-state index in [-0.39, 0.29) is 0 Å². The number of hydrogen-bond acceptors (Lipinski definition) is 4. The maximum Gasteiger partial charge on any atom is 0.242 e. The number of fused-ring (bicyclic) bond motifs is 2. The van der Waals surface area contributed by atoms with Gasteiger partial charge in [0.2, 0.25) is 5.90 Å². The molecule has 0 amide bonds. The molecule has 2 aliphatic rings. The van der Waals surface area contributed by atoms with Gasteiger partial charge in [0.15, 0.2) is 5.75 Å². The number of rotatable bonds is 0. The molecule has 4 nitrogen and oxygen atoms in total. The van der Waals surface area contributed by atoms with Crippen molar-refractivity contribution in [1.82, 2.24) is 5.32 Å². The number of para-hydroxylation sites is 2. The molecule has 3 rings (SSSR count). The van der Waals surface area contributed by atoms with E-state index in [1.165, 1.54) is 0 Å². The SMILES string of the molecule is C1=C2Nc3ccccc3OC2=NCN1. The summed E-state index contributed by atoms with van der Waals surface area (Å²) in [5, 5.41) is 6.26. The van der Waals surface area contributed by atoms with Crippen LogP contribution in [0.15, 0.2) is 41.2 Å². The number of nitrogens with zero attached hydrogens (tertiary/aromatic N) is 1. The Balaban J connectivity index is 2.07. The van der Waals surface area contributed by atoms with Crippen molar-refractivity contribution >= 4 is 11.6 Å². The minimum atomic E-state index is 0.572. The van der Waals surface area contributed by atoms with E-state index in [2.05, 4.69) is 15.6 Å². The molecule has 0 saturated carbocycles. The number of aliphatic imine (C=N–C) groups is 1. The minimum Gasteiger partial charge on any atom is -0.435 e. The van der Waals surface area contributed by atoms with Gasteiger partial charge in [-0.25, -0.2) is 4.99 Å².